The van der Waals surface area contributed by atoms with Crippen molar-refractivity contribution < 1.29 is 0 Å². The third-order valence-corrected chi connectivity index (χ3v) is 2.95. The zero-order chi connectivity index (χ0) is 11.2. The van der Waals surface area contributed by atoms with Gasteiger partial charge < -0.3 is 4.98 Å². The summed E-state index contributed by atoms with van der Waals surface area (Å²) in [5, 5.41) is 2.20. The summed E-state index contributed by atoms with van der Waals surface area (Å²) < 4.78 is 0. The second-order valence-electron chi connectivity index (χ2n) is 3.96. The van der Waals surface area contributed by atoms with Crippen molar-refractivity contribution in [1.29, 1.82) is 0 Å². The third kappa shape index (κ3) is 1.15. The average Bonchev–Trinajstić information content (AvgIpc) is 2.85. The summed E-state index contributed by atoms with van der Waals surface area (Å²) in [5.74, 6) is 0. The standard InChI is InChI=1S/C13H8N4/c1-2-10-9(12-8(1)3-4-15-12)7-11-13(17-10)16-6-5-14-11/h1-7,14H. The van der Waals surface area contributed by atoms with Crippen LogP contribution in [0.1, 0.15) is 0 Å². The molecular weight excluding hydrogens is 212 g/mol. The van der Waals surface area contributed by atoms with Gasteiger partial charge in [-0.2, -0.15) is 0 Å². The minimum atomic E-state index is 0.728. The van der Waals surface area contributed by atoms with E-state index in [2.05, 4.69) is 26.0 Å². The van der Waals surface area contributed by atoms with E-state index < -0.39 is 0 Å². The molecule has 4 heteroatoms. The van der Waals surface area contributed by atoms with Crippen LogP contribution < -0.4 is 0 Å². The molecular formula is C13H8N4. The first-order valence-corrected chi connectivity index (χ1v) is 5.39. The maximum atomic E-state index is 4.53. The highest BCUT2D eigenvalue weighted by Crippen LogP contribution is 2.24. The number of benzene rings is 1. The van der Waals surface area contributed by atoms with Crippen LogP contribution in [-0.2, 0) is 0 Å². The van der Waals surface area contributed by atoms with Crippen LogP contribution in [0.25, 0.3) is 33.0 Å². The van der Waals surface area contributed by atoms with E-state index in [1.165, 1.54) is 0 Å². The molecule has 0 saturated carbocycles. The predicted molar refractivity (Wildman–Crippen MR) is 66.7 cm³/mol. The maximum Gasteiger partial charge on any atom is 0.176 e. The third-order valence-electron chi connectivity index (χ3n) is 2.95. The van der Waals surface area contributed by atoms with Gasteiger partial charge in [0, 0.05) is 29.4 Å². The van der Waals surface area contributed by atoms with E-state index in [0.29, 0.717) is 0 Å². The molecule has 0 atom stereocenters. The summed E-state index contributed by atoms with van der Waals surface area (Å²) in [4.78, 5) is 16.3. The number of hydrogen-bond acceptors (Lipinski definition) is 3. The highest BCUT2D eigenvalue weighted by Gasteiger charge is 2.05. The fourth-order valence-corrected chi connectivity index (χ4v) is 2.15. The highest BCUT2D eigenvalue weighted by molar-refractivity contribution is 6.06. The van der Waals surface area contributed by atoms with Crippen molar-refractivity contribution in [2.45, 2.75) is 0 Å². The van der Waals surface area contributed by atoms with Crippen molar-refractivity contribution in [1.82, 2.24) is 19.9 Å². The lowest BCUT2D eigenvalue weighted by Gasteiger charge is -2.01. The van der Waals surface area contributed by atoms with Gasteiger partial charge in [0.05, 0.1) is 16.6 Å². The Morgan fingerprint density at radius 1 is 1.00 bits per heavy atom. The van der Waals surface area contributed by atoms with Crippen LogP contribution in [-0.4, -0.2) is 19.9 Å². The normalized spacial score (nSPS) is 11.5. The Kier molecular flexibility index (Phi) is 1.53. The summed E-state index contributed by atoms with van der Waals surface area (Å²) in [6, 6.07) is 8.11. The number of rotatable bonds is 0. The molecule has 0 aliphatic carbocycles. The van der Waals surface area contributed by atoms with Crippen LogP contribution in [0.15, 0.2) is 42.9 Å². The Balaban J connectivity index is 2.29. The highest BCUT2D eigenvalue weighted by atomic mass is 14.9. The predicted octanol–water partition coefficient (Wildman–Crippen LogP) is 2.66. The van der Waals surface area contributed by atoms with Crippen molar-refractivity contribution in [3.05, 3.63) is 42.9 Å². The van der Waals surface area contributed by atoms with Gasteiger partial charge in [-0.05, 0) is 18.2 Å². The summed E-state index contributed by atoms with van der Waals surface area (Å²) in [6.45, 7) is 0. The minimum absolute atomic E-state index is 0.728. The molecule has 17 heavy (non-hydrogen) atoms. The largest absolute Gasteiger partial charge is 0.357 e. The molecule has 1 aromatic carbocycles. The van der Waals surface area contributed by atoms with Crippen molar-refractivity contribution in [3.8, 4) is 0 Å². The molecule has 80 valence electrons. The summed E-state index contributed by atoms with van der Waals surface area (Å²) >= 11 is 0. The van der Waals surface area contributed by atoms with Crippen molar-refractivity contribution in [2.75, 3.05) is 0 Å². The molecule has 0 aliphatic heterocycles. The van der Waals surface area contributed by atoms with E-state index in [1.54, 1.807) is 12.4 Å². The minimum Gasteiger partial charge on any atom is -0.357 e. The van der Waals surface area contributed by atoms with Crippen LogP contribution in [0, 0.1) is 0 Å². The van der Waals surface area contributed by atoms with Crippen molar-refractivity contribution in [2.24, 2.45) is 0 Å². The van der Waals surface area contributed by atoms with Gasteiger partial charge in [-0.15, -0.1) is 0 Å². The molecule has 0 amide bonds. The maximum absolute atomic E-state index is 4.53. The Labute approximate surface area is 96.3 Å². The van der Waals surface area contributed by atoms with Crippen LogP contribution in [0.2, 0.25) is 0 Å². The first-order valence-electron chi connectivity index (χ1n) is 5.39. The second-order valence-corrected chi connectivity index (χ2v) is 3.96. The van der Waals surface area contributed by atoms with Gasteiger partial charge in [0.2, 0.25) is 0 Å². The lowest BCUT2D eigenvalue weighted by atomic mass is 10.1. The number of nitrogens with zero attached hydrogens (tertiary/aromatic N) is 3. The Morgan fingerprint density at radius 3 is 3.00 bits per heavy atom. The summed E-state index contributed by atoms with van der Waals surface area (Å²) in [6.07, 6.45) is 5.33. The van der Waals surface area contributed by atoms with E-state index in [9.17, 15) is 0 Å². The van der Waals surface area contributed by atoms with Crippen LogP contribution in [0.5, 0.6) is 0 Å². The number of H-pyrrole nitrogens is 1. The van der Waals surface area contributed by atoms with Crippen molar-refractivity contribution in [3.63, 3.8) is 0 Å². The molecule has 0 aliphatic rings. The fraction of sp³-hybridized carbons (Fsp3) is 0. The molecule has 0 radical (unpaired) electrons. The lowest BCUT2D eigenvalue weighted by molar-refractivity contribution is 1.25. The Bertz CT molecular complexity index is 848. The summed E-state index contributed by atoms with van der Waals surface area (Å²) in [5.41, 5.74) is 3.58. The van der Waals surface area contributed by atoms with Gasteiger partial charge in [0.15, 0.2) is 5.65 Å². The number of fused-ring (bicyclic) bond motifs is 4. The van der Waals surface area contributed by atoms with Gasteiger partial charge in [-0.25, -0.2) is 9.97 Å². The average molecular weight is 220 g/mol. The molecule has 4 rings (SSSR count). The topological polar surface area (TPSA) is 54.5 Å². The molecule has 3 aromatic heterocycles. The van der Waals surface area contributed by atoms with E-state index in [4.69, 9.17) is 0 Å². The van der Waals surface area contributed by atoms with Crippen LogP contribution in [0.3, 0.4) is 0 Å². The van der Waals surface area contributed by atoms with Crippen LogP contribution in [0.4, 0.5) is 0 Å². The van der Waals surface area contributed by atoms with E-state index in [1.807, 2.05) is 24.4 Å². The molecule has 3 heterocycles. The van der Waals surface area contributed by atoms with E-state index in [0.717, 1.165) is 33.0 Å². The van der Waals surface area contributed by atoms with Crippen molar-refractivity contribution >= 4 is 33.0 Å². The molecule has 0 saturated heterocycles. The zero-order valence-electron chi connectivity index (χ0n) is 8.88. The first kappa shape index (κ1) is 8.64. The first-order chi connectivity index (χ1) is 8.42. The quantitative estimate of drug-likeness (QED) is 0.463. The smallest absolute Gasteiger partial charge is 0.176 e. The molecule has 4 aromatic rings. The molecule has 0 unspecified atom stereocenters. The number of nitrogens with one attached hydrogen (secondary N) is 1. The number of aromatic nitrogens is 4. The summed E-state index contributed by atoms with van der Waals surface area (Å²) in [7, 11) is 0. The SMILES string of the molecule is c1c[nH]c2cc3c(ccc4ccnc43)nc2n1. The van der Waals surface area contributed by atoms with E-state index >= 15 is 0 Å². The molecule has 0 bridgehead atoms. The van der Waals surface area contributed by atoms with Gasteiger partial charge in [-0.1, -0.05) is 6.07 Å². The molecule has 1 N–H and O–H groups in total. The second kappa shape index (κ2) is 3.01. The zero-order valence-corrected chi connectivity index (χ0v) is 8.88. The monoisotopic (exact) mass is 220 g/mol. The van der Waals surface area contributed by atoms with E-state index in [-0.39, 0.29) is 0 Å². The number of aromatic amines is 1. The number of hydrogen-bond donors (Lipinski definition) is 1. The van der Waals surface area contributed by atoms with Gasteiger partial charge in [-0.3, -0.25) is 4.98 Å². The van der Waals surface area contributed by atoms with Gasteiger partial charge >= 0.3 is 0 Å². The molecule has 0 fully saturated rings. The van der Waals surface area contributed by atoms with Crippen LogP contribution >= 0.6 is 0 Å². The van der Waals surface area contributed by atoms with Gasteiger partial charge in [0.25, 0.3) is 0 Å². The molecule has 0 spiro atoms. The molecule has 4 nitrogen and oxygen atoms in total. The Hall–Kier alpha value is -2.49. The fourth-order valence-electron chi connectivity index (χ4n) is 2.15. The number of pyridine rings is 1. The lowest BCUT2D eigenvalue weighted by Crippen LogP contribution is -1.88. The Morgan fingerprint density at radius 2 is 2.00 bits per heavy atom. The van der Waals surface area contributed by atoms with Gasteiger partial charge in [0.1, 0.15) is 0 Å².